The summed E-state index contributed by atoms with van der Waals surface area (Å²) in [6.07, 6.45) is -1.14. The SMILES string of the molecule is Cc1nc(Oc2ccc(NS(=O)(=O)c3ccc(C(F)(F)F)cc3)cc2)cc(-n2ccnc2C)n1. The highest BCUT2D eigenvalue weighted by Gasteiger charge is 2.30. The summed E-state index contributed by atoms with van der Waals surface area (Å²) in [7, 11) is -4.08. The van der Waals surface area contributed by atoms with E-state index < -0.39 is 21.8 Å². The zero-order valence-corrected chi connectivity index (χ0v) is 18.7. The van der Waals surface area contributed by atoms with Gasteiger partial charge in [0, 0.05) is 24.1 Å². The molecule has 0 aliphatic heterocycles. The van der Waals surface area contributed by atoms with Crippen molar-refractivity contribution in [1.82, 2.24) is 19.5 Å². The first kappa shape index (κ1) is 23.2. The summed E-state index contributed by atoms with van der Waals surface area (Å²) < 4.78 is 73.0. The zero-order chi connectivity index (χ0) is 24.5. The number of alkyl halides is 3. The lowest BCUT2D eigenvalue weighted by atomic mass is 10.2. The lowest BCUT2D eigenvalue weighted by Crippen LogP contribution is -2.13. The van der Waals surface area contributed by atoms with Gasteiger partial charge in [0.15, 0.2) is 0 Å². The van der Waals surface area contributed by atoms with Crippen molar-refractivity contribution in [3.63, 3.8) is 0 Å². The fourth-order valence-electron chi connectivity index (χ4n) is 3.07. The fraction of sp³-hybridized carbons (Fsp3) is 0.136. The lowest BCUT2D eigenvalue weighted by molar-refractivity contribution is -0.137. The van der Waals surface area contributed by atoms with Crippen molar-refractivity contribution < 1.29 is 26.3 Å². The van der Waals surface area contributed by atoms with E-state index in [0.29, 0.717) is 17.4 Å². The molecule has 34 heavy (non-hydrogen) atoms. The van der Waals surface area contributed by atoms with Crippen LogP contribution in [0.3, 0.4) is 0 Å². The molecule has 176 valence electrons. The third-order valence-electron chi connectivity index (χ3n) is 4.69. The Hall–Kier alpha value is -3.93. The molecule has 0 atom stereocenters. The zero-order valence-electron chi connectivity index (χ0n) is 17.9. The van der Waals surface area contributed by atoms with Gasteiger partial charge < -0.3 is 4.74 Å². The summed E-state index contributed by atoms with van der Waals surface area (Å²) in [6, 6.07) is 10.9. The number of halogens is 3. The Morgan fingerprint density at radius 2 is 1.65 bits per heavy atom. The summed E-state index contributed by atoms with van der Waals surface area (Å²) in [4.78, 5) is 12.5. The van der Waals surface area contributed by atoms with Crippen LogP contribution in [-0.2, 0) is 16.2 Å². The van der Waals surface area contributed by atoms with Gasteiger partial charge in [-0.05, 0) is 62.4 Å². The number of ether oxygens (including phenoxy) is 1. The van der Waals surface area contributed by atoms with Crippen LogP contribution >= 0.6 is 0 Å². The molecule has 2 heterocycles. The quantitative estimate of drug-likeness (QED) is 0.414. The van der Waals surface area contributed by atoms with Gasteiger partial charge >= 0.3 is 6.18 Å². The fourth-order valence-corrected chi connectivity index (χ4v) is 4.13. The van der Waals surface area contributed by atoms with Crippen LogP contribution in [0.25, 0.3) is 5.82 Å². The number of hydrogen-bond donors (Lipinski definition) is 1. The number of sulfonamides is 1. The molecule has 4 aromatic rings. The van der Waals surface area contributed by atoms with Crippen molar-refractivity contribution in [3.05, 3.63) is 84.2 Å². The first-order valence-corrected chi connectivity index (χ1v) is 11.3. The molecular formula is C22H18F3N5O3S. The minimum Gasteiger partial charge on any atom is -0.439 e. The van der Waals surface area contributed by atoms with Gasteiger partial charge in [-0.2, -0.15) is 18.2 Å². The van der Waals surface area contributed by atoms with Crippen molar-refractivity contribution >= 4 is 15.7 Å². The molecule has 2 aromatic heterocycles. The summed E-state index contributed by atoms with van der Waals surface area (Å²) in [6.45, 7) is 3.56. The first-order valence-electron chi connectivity index (χ1n) is 9.85. The van der Waals surface area contributed by atoms with Gasteiger partial charge in [-0.25, -0.2) is 18.4 Å². The largest absolute Gasteiger partial charge is 0.439 e. The molecule has 0 unspecified atom stereocenters. The number of aryl methyl sites for hydroxylation is 2. The molecule has 8 nitrogen and oxygen atoms in total. The molecule has 0 saturated carbocycles. The normalized spacial score (nSPS) is 11.9. The van der Waals surface area contributed by atoms with Crippen molar-refractivity contribution in [2.75, 3.05) is 4.72 Å². The van der Waals surface area contributed by atoms with Gasteiger partial charge in [0.2, 0.25) is 5.88 Å². The Bertz CT molecular complexity index is 1420. The number of aromatic nitrogens is 4. The number of rotatable bonds is 6. The second kappa shape index (κ2) is 8.78. The molecule has 0 bridgehead atoms. The molecule has 0 fully saturated rings. The predicted octanol–water partition coefficient (Wildman–Crippen LogP) is 4.89. The standard InChI is InChI=1S/C22H18F3N5O3S/c1-14-27-20(30-12-11-26-15(30)2)13-21(28-14)33-18-7-5-17(6-8-18)29-34(31,32)19-9-3-16(4-10-19)22(23,24)25/h3-13,29H,1-2H3. The van der Waals surface area contributed by atoms with Crippen LogP contribution in [0.4, 0.5) is 18.9 Å². The second-order valence-corrected chi connectivity index (χ2v) is 8.89. The van der Waals surface area contributed by atoms with Crippen molar-refractivity contribution in [2.24, 2.45) is 0 Å². The van der Waals surface area contributed by atoms with E-state index in [-0.39, 0.29) is 16.5 Å². The van der Waals surface area contributed by atoms with Crippen LogP contribution < -0.4 is 9.46 Å². The average molecular weight is 489 g/mol. The Morgan fingerprint density at radius 3 is 2.24 bits per heavy atom. The van der Waals surface area contributed by atoms with Gasteiger partial charge in [-0.1, -0.05) is 0 Å². The maximum atomic E-state index is 12.7. The highest BCUT2D eigenvalue weighted by atomic mass is 32.2. The summed E-state index contributed by atoms with van der Waals surface area (Å²) in [5.74, 6) is 2.49. The number of anilines is 1. The molecule has 0 aliphatic rings. The Balaban J connectivity index is 1.49. The van der Waals surface area contributed by atoms with Gasteiger partial charge in [0.1, 0.15) is 23.2 Å². The molecule has 12 heteroatoms. The number of imidazole rings is 1. The molecular weight excluding hydrogens is 471 g/mol. The van der Waals surface area contributed by atoms with E-state index in [1.54, 1.807) is 30.0 Å². The van der Waals surface area contributed by atoms with Gasteiger partial charge in [-0.3, -0.25) is 9.29 Å². The van der Waals surface area contributed by atoms with E-state index >= 15 is 0 Å². The topological polar surface area (TPSA) is 99.0 Å². The van der Waals surface area contributed by atoms with E-state index in [0.717, 1.165) is 30.1 Å². The summed E-state index contributed by atoms with van der Waals surface area (Å²) in [5, 5.41) is 0. The van der Waals surface area contributed by atoms with Crippen LogP contribution in [0.15, 0.2) is 71.9 Å². The van der Waals surface area contributed by atoms with Crippen molar-refractivity contribution in [2.45, 2.75) is 24.9 Å². The maximum absolute atomic E-state index is 12.7. The van der Waals surface area contributed by atoms with E-state index in [1.807, 2.05) is 6.92 Å². The molecule has 4 rings (SSSR count). The highest BCUT2D eigenvalue weighted by Crippen LogP contribution is 2.30. The monoisotopic (exact) mass is 489 g/mol. The lowest BCUT2D eigenvalue weighted by Gasteiger charge is -2.11. The molecule has 2 aromatic carbocycles. The van der Waals surface area contributed by atoms with Crippen LogP contribution in [0.1, 0.15) is 17.2 Å². The van der Waals surface area contributed by atoms with Crippen LogP contribution in [0.2, 0.25) is 0 Å². The first-order chi connectivity index (χ1) is 16.0. The van der Waals surface area contributed by atoms with Gasteiger partial charge in [0.25, 0.3) is 10.0 Å². The molecule has 0 spiro atoms. The van der Waals surface area contributed by atoms with Gasteiger partial charge in [0.05, 0.1) is 10.5 Å². The Kier molecular flexibility index (Phi) is 6.00. The number of hydrogen-bond acceptors (Lipinski definition) is 6. The maximum Gasteiger partial charge on any atom is 0.416 e. The summed E-state index contributed by atoms with van der Waals surface area (Å²) >= 11 is 0. The van der Waals surface area contributed by atoms with Crippen LogP contribution in [0, 0.1) is 13.8 Å². The minimum absolute atomic E-state index is 0.209. The van der Waals surface area contributed by atoms with Crippen LogP contribution in [0.5, 0.6) is 11.6 Å². The molecule has 0 aliphatic carbocycles. The second-order valence-electron chi connectivity index (χ2n) is 7.21. The van der Waals surface area contributed by atoms with Crippen LogP contribution in [-0.4, -0.2) is 27.9 Å². The average Bonchev–Trinajstić information content (AvgIpc) is 3.20. The third kappa shape index (κ3) is 5.17. The number of nitrogens with zero attached hydrogens (tertiary/aromatic N) is 4. The molecule has 0 amide bonds. The Labute approximate surface area is 193 Å². The highest BCUT2D eigenvalue weighted by molar-refractivity contribution is 7.92. The van der Waals surface area contributed by atoms with E-state index in [1.165, 1.54) is 24.3 Å². The molecule has 1 N–H and O–H groups in total. The Morgan fingerprint density at radius 1 is 0.971 bits per heavy atom. The van der Waals surface area contributed by atoms with Crippen molar-refractivity contribution in [1.29, 1.82) is 0 Å². The van der Waals surface area contributed by atoms with E-state index in [9.17, 15) is 21.6 Å². The number of nitrogens with one attached hydrogen (secondary N) is 1. The molecule has 0 saturated heterocycles. The minimum atomic E-state index is -4.55. The van der Waals surface area contributed by atoms with Crippen molar-refractivity contribution in [3.8, 4) is 17.4 Å². The molecule has 0 radical (unpaired) electrons. The van der Waals surface area contributed by atoms with E-state index in [2.05, 4.69) is 19.7 Å². The third-order valence-corrected chi connectivity index (χ3v) is 6.09. The smallest absolute Gasteiger partial charge is 0.416 e. The summed E-state index contributed by atoms with van der Waals surface area (Å²) in [5.41, 5.74) is -0.722. The number of benzene rings is 2. The predicted molar refractivity (Wildman–Crippen MR) is 117 cm³/mol. The van der Waals surface area contributed by atoms with Gasteiger partial charge in [-0.15, -0.1) is 0 Å². The van der Waals surface area contributed by atoms with E-state index in [4.69, 9.17) is 4.74 Å².